The maximum atomic E-state index is 5.96. The van der Waals surface area contributed by atoms with Crippen molar-refractivity contribution in [3.63, 3.8) is 0 Å². The highest BCUT2D eigenvalue weighted by Gasteiger charge is 2.10. The topological polar surface area (TPSA) is 52.0 Å². The molecule has 0 saturated heterocycles. The molecule has 1 heterocycles. The van der Waals surface area contributed by atoms with Gasteiger partial charge in [-0.25, -0.2) is 0 Å². The van der Waals surface area contributed by atoms with Crippen LogP contribution in [-0.2, 0) is 0 Å². The Morgan fingerprint density at radius 3 is 2.82 bits per heavy atom. The van der Waals surface area contributed by atoms with Gasteiger partial charge in [-0.15, -0.1) is 0 Å². The average Bonchev–Trinajstić information content (AvgIpc) is 2.71. The Balaban J connectivity index is 2.27. The first-order chi connectivity index (χ1) is 8.24. The highest BCUT2D eigenvalue weighted by Crippen LogP contribution is 2.31. The van der Waals surface area contributed by atoms with Gasteiger partial charge in [-0.3, -0.25) is 0 Å². The van der Waals surface area contributed by atoms with Gasteiger partial charge >= 0.3 is 0 Å². The lowest BCUT2D eigenvalue weighted by molar-refractivity contribution is 0.441. The maximum absolute atomic E-state index is 5.96. The van der Waals surface area contributed by atoms with Crippen LogP contribution in [0.3, 0.4) is 0 Å². The quantitative estimate of drug-likeness (QED) is 0.664. The smallest absolute Gasteiger partial charge is 0.174 e. The molecule has 2 N–H and O–H groups in total. The molecule has 0 aliphatic rings. The van der Waals surface area contributed by atoms with Crippen molar-refractivity contribution in [2.75, 3.05) is 5.73 Å². The van der Waals surface area contributed by atoms with Crippen LogP contribution in [0.25, 0.3) is 22.2 Å². The largest absolute Gasteiger partial charge is 0.399 e. The number of anilines is 1. The summed E-state index contributed by atoms with van der Waals surface area (Å²) in [5.74, 6) is 0.690. The number of nitrogen functional groups attached to an aromatic ring is 1. The predicted octanol–water partition coefficient (Wildman–Crippen LogP) is 3.73. The number of benzene rings is 2. The van der Waals surface area contributed by atoms with Gasteiger partial charge in [0.05, 0.1) is 5.39 Å². The van der Waals surface area contributed by atoms with E-state index in [1.807, 2.05) is 36.4 Å². The summed E-state index contributed by atoms with van der Waals surface area (Å²) in [6.07, 6.45) is 0. The second-order valence-corrected chi connectivity index (χ2v) is 4.24. The van der Waals surface area contributed by atoms with E-state index >= 15 is 0 Å². The zero-order valence-corrected chi connectivity index (χ0v) is 9.61. The van der Waals surface area contributed by atoms with E-state index in [9.17, 15) is 0 Å². The van der Waals surface area contributed by atoms with Crippen molar-refractivity contribution in [2.24, 2.45) is 0 Å². The number of fused-ring (bicyclic) bond motifs is 1. The first kappa shape index (κ1) is 10.2. The van der Waals surface area contributed by atoms with Gasteiger partial charge in [-0.2, -0.15) is 0 Å². The van der Waals surface area contributed by atoms with E-state index in [-0.39, 0.29) is 0 Å². The van der Waals surface area contributed by atoms with Crippen molar-refractivity contribution in [1.82, 2.24) is 5.16 Å². The highest BCUT2D eigenvalue weighted by molar-refractivity contribution is 6.30. The Labute approximate surface area is 103 Å². The van der Waals surface area contributed by atoms with Crippen LogP contribution in [0.15, 0.2) is 47.0 Å². The van der Waals surface area contributed by atoms with Crippen LogP contribution in [0.1, 0.15) is 0 Å². The summed E-state index contributed by atoms with van der Waals surface area (Å²) in [6.45, 7) is 0. The number of halogens is 1. The zero-order valence-electron chi connectivity index (χ0n) is 8.85. The second kappa shape index (κ2) is 3.79. The van der Waals surface area contributed by atoms with Crippen molar-refractivity contribution in [3.05, 3.63) is 47.5 Å². The minimum atomic E-state index is 0.663. The standard InChI is InChI=1S/C13H9ClN2O/c14-9-3-1-2-8(6-9)13-11-7-10(15)4-5-12(11)16-17-13/h1-7H,15H2. The summed E-state index contributed by atoms with van der Waals surface area (Å²) < 4.78 is 5.35. The molecule has 0 atom stereocenters. The van der Waals surface area contributed by atoms with Gasteiger partial charge in [0.25, 0.3) is 0 Å². The van der Waals surface area contributed by atoms with Crippen LogP contribution < -0.4 is 5.73 Å². The third kappa shape index (κ3) is 1.74. The molecule has 0 bridgehead atoms. The summed E-state index contributed by atoms with van der Waals surface area (Å²) in [6, 6.07) is 12.9. The number of hydrogen-bond donors (Lipinski definition) is 1. The van der Waals surface area contributed by atoms with Crippen molar-refractivity contribution in [3.8, 4) is 11.3 Å². The third-order valence-electron chi connectivity index (χ3n) is 2.59. The van der Waals surface area contributed by atoms with Gasteiger partial charge < -0.3 is 10.3 Å². The molecule has 4 heteroatoms. The first-order valence-electron chi connectivity index (χ1n) is 5.15. The van der Waals surface area contributed by atoms with E-state index in [2.05, 4.69) is 5.16 Å². The van der Waals surface area contributed by atoms with Gasteiger partial charge in [0.2, 0.25) is 0 Å². The number of aromatic nitrogens is 1. The normalized spacial score (nSPS) is 10.9. The van der Waals surface area contributed by atoms with Gasteiger partial charge in [-0.1, -0.05) is 28.9 Å². The summed E-state index contributed by atoms with van der Waals surface area (Å²) >= 11 is 5.96. The Morgan fingerprint density at radius 2 is 2.00 bits per heavy atom. The van der Waals surface area contributed by atoms with Crippen molar-refractivity contribution < 1.29 is 4.52 Å². The van der Waals surface area contributed by atoms with E-state index in [1.165, 1.54) is 0 Å². The molecular formula is C13H9ClN2O. The molecule has 0 saturated carbocycles. The predicted molar refractivity (Wildman–Crippen MR) is 68.9 cm³/mol. The molecule has 1 aromatic heterocycles. The second-order valence-electron chi connectivity index (χ2n) is 3.80. The van der Waals surface area contributed by atoms with Crippen LogP contribution in [0, 0.1) is 0 Å². The molecule has 0 spiro atoms. The molecule has 0 aliphatic heterocycles. The summed E-state index contributed by atoms with van der Waals surface area (Å²) in [5.41, 5.74) is 8.13. The molecule has 0 fully saturated rings. The lowest BCUT2D eigenvalue weighted by Gasteiger charge is -1.98. The average molecular weight is 245 g/mol. The molecule has 0 unspecified atom stereocenters. The fourth-order valence-corrected chi connectivity index (χ4v) is 1.99. The molecule has 84 valence electrons. The van der Waals surface area contributed by atoms with Gasteiger partial charge in [-0.05, 0) is 30.3 Å². The van der Waals surface area contributed by atoms with Crippen LogP contribution >= 0.6 is 11.6 Å². The molecule has 3 rings (SSSR count). The van der Waals surface area contributed by atoms with Gasteiger partial charge in [0.15, 0.2) is 5.76 Å². The number of nitrogens with two attached hydrogens (primary N) is 1. The van der Waals surface area contributed by atoms with Crippen LogP contribution in [0.4, 0.5) is 5.69 Å². The Morgan fingerprint density at radius 1 is 1.12 bits per heavy atom. The fraction of sp³-hybridized carbons (Fsp3) is 0. The molecule has 0 radical (unpaired) electrons. The first-order valence-corrected chi connectivity index (χ1v) is 5.53. The van der Waals surface area contributed by atoms with Crippen molar-refractivity contribution in [2.45, 2.75) is 0 Å². The Kier molecular flexibility index (Phi) is 2.27. The monoisotopic (exact) mass is 244 g/mol. The third-order valence-corrected chi connectivity index (χ3v) is 2.82. The fourth-order valence-electron chi connectivity index (χ4n) is 1.80. The SMILES string of the molecule is Nc1ccc2noc(-c3cccc(Cl)c3)c2c1. The number of nitrogens with zero attached hydrogens (tertiary/aromatic N) is 1. The zero-order chi connectivity index (χ0) is 11.8. The molecule has 3 nitrogen and oxygen atoms in total. The molecule has 17 heavy (non-hydrogen) atoms. The lowest BCUT2D eigenvalue weighted by Crippen LogP contribution is -1.83. The Hall–Kier alpha value is -2.00. The highest BCUT2D eigenvalue weighted by atomic mass is 35.5. The summed E-state index contributed by atoms with van der Waals surface area (Å²) in [4.78, 5) is 0. The van der Waals surface area contributed by atoms with Crippen molar-refractivity contribution >= 4 is 28.2 Å². The van der Waals surface area contributed by atoms with E-state index in [4.69, 9.17) is 21.9 Å². The lowest BCUT2D eigenvalue weighted by atomic mass is 10.1. The molecule has 2 aromatic carbocycles. The number of rotatable bonds is 1. The van der Waals surface area contributed by atoms with Gasteiger partial charge in [0.1, 0.15) is 5.52 Å². The number of hydrogen-bond acceptors (Lipinski definition) is 3. The van der Waals surface area contributed by atoms with E-state index < -0.39 is 0 Å². The van der Waals surface area contributed by atoms with Crippen LogP contribution in [-0.4, -0.2) is 5.16 Å². The Bertz CT molecular complexity index is 691. The molecular weight excluding hydrogens is 236 g/mol. The maximum Gasteiger partial charge on any atom is 0.174 e. The summed E-state index contributed by atoms with van der Waals surface area (Å²) in [5, 5.41) is 5.55. The van der Waals surface area contributed by atoms with Gasteiger partial charge in [0, 0.05) is 16.3 Å². The van der Waals surface area contributed by atoms with Crippen molar-refractivity contribution in [1.29, 1.82) is 0 Å². The molecule has 0 amide bonds. The minimum Gasteiger partial charge on any atom is -0.399 e. The summed E-state index contributed by atoms with van der Waals surface area (Å²) in [7, 11) is 0. The van der Waals surface area contributed by atoms with Crippen LogP contribution in [0.2, 0.25) is 5.02 Å². The molecule has 0 aliphatic carbocycles. The molecule has 3 aromatic rings. The minimum absolute atomic E-state index is 0.663. The van der Waals surface area contributed by atoms with E-state index in [0.717, 1.165) is 16.5 Å². The van der Waals surface area contributed by atoms with E-state index in [1.54, 1.807) is 6.07 Å². The van der Waals surface area contributed by atoms with E-state index in [0.29, 0.717) is 16.5 Å². The van der Waals surface area contributed by atoms with Crippen LogP contribution in [0.5, 0.6) is 0 Å².